The molecular weight excluding hydrogens is 251 g/mol. The van der Waals surface area contributed by atoms with Crippen molar-refractivity contribution in [2.24, 2.45) is 23.7 Å². The van der Waals surface area contributed by atoms with Crippen LogP contribution in [0.15, 0.2) is 12.1 Å². The predicted molar refractivity (Wildman–Crippen MR) is 64.8 cm³/mol. The highest BCUT2D eigenvalue weighted by molar-refractivity contribution is 5.21. The van der Waals surface area contributed by atoms with E-state index in [1.807, 2.05) is 0 Å². The molecule has 0 amide bonds. The molecule has 3 aliphatic carbocycles. The Morgan fingerprint density at radius 1 is 1.00 bits per heavy atom. The first kappa shape index (κ1) is 11.8. The fourth-order valence-corrected chi connectivity index (χ4v) is 4.54. The van der Waals surface area contributed by atoms with Crippen LogP contribution in [0.1, 0.15) is 24.8 Å². The average Bonchev–Trinajstić information content (AvgIpc) is 2.78. The lowest BCUT2D eigenvalue weighted by molar-refractivity contribution is 0.440. The number of hydrogen-bond acceptors (Lipinski definition) is 1. The number of halogens is 3. The lowest BCUT2D eigenvalue weighted by Gasteiger charge is -2.11. The van der Waals surface area contributed by atoms with Crippen LogP contribution in [0.2, 0.25) is 0 Å². The van der Waals surface area contributed by atoms with Crippen molar-refractivity contribution in [2.45, 2.75) is 31.8 Å². The molecule has 0 aliphatic heterocycles. The highest BCUT2D eigenvalue weighted by Crippen LogP contribution is 2.65. The fourth-order valence-electron chi connectivity index (χ4n) is 4.54. The molecule has 0 saturated heterocycles. The summed E-state index contributed by atoms with van der Waals surface area (Å²) in [6.07, 6.45) is 4.08. The van der Waals surface area contributed by atoms with Crippen LogP contribution in [0.4, 0.5) is 13.2 Å². The number of hydrogen-bond donors (Lipinski definition) is 1. The average molecular weight is 267 g/mol. The second kappa shape index (κ2) is 3.98. The SMILES string of the molecule is Fc1cc(CNC2C3C4CCC(C4)C23)cc(F)c1F. The van der Waals surface area contributed by atoms with Crippen LogP contribution >= 0.6 is 0 Å². The topological polar surface area (TPSA) is 12.0 Å². The van der Waals surface area contributed by atoms with E-state index in [0.717, 1.165) is 35.8 Å². The van der Waals surface area contributed by atoms with Gasteiger partial charge in [0.15, 0.2) is 17.5 Å². The third-order valence-corrected chi connectivity index (χ3v) is 5.32. The highest BCUT2D eigenvalue weighted by Gasteiger charge is 2.64. The van der Waals surface area contributed by atoms with Crippen molar-refractivity contribution < 1.29 is 13.2 Å². The van der Waals surface area contributed by atoms with Gasteiger partial charge in [-0.05, 0) is 60.6 Å². The van der Waals surface area contributed by atoms with Crippen molar-refractivity contribution in [3.8, 4) is 0 Å². The van der Waals surface area contributed by atoms with Gasteiger partial charge in [0.1, 0.15) is 0 Å². The second-order valence-electron chi connectivity index (χ2n) is 6.27. The van der Waals surface area contributed by atoms with E-state index >= 15 is 0 Å². The summed E-state index contributed by atoms with van der Waals surface area (Å²) < 4.78 is 39.1. The zero-order valence-electron chi connectivity index (χ0n) is 10.5. The Balaban J connectivity index is 1.41. The van der Waals surface area contributed by atoms with E-state index in [2.05, 4.69) is 5.32 Å². The maximum atomic E-state index is 13.1. The molecule has 3 aliphatic rings. The Bertz CT molecular complexity index is 491. The van der Waals surface area contributed by atoms with Crippen LogP contribution in [0.3, 0.4) is 0 Å². The summed E-state index contributed by atoms with van der Waals surface area (Å²) in [5, 5.41) is 3.39. The zero-order chi connectivity index (χ0) is 13.1. The summed E-state index contributed by atoms with van der Waals surface area (Å²) in [4.78, 5) is 0. The van der Waals surface area contributed by atoms with Gasteiger partial charge >= 0.3 is 0 Å². The quantitative estimate of drug-likeness (QED) is 0.829. The van der Waals surface area contributed by atoms with Crippen LogP contribution in [-0.4, -0.2) is 6.04 Å². The molecule has 0 radical (unpaired) electrons. The predicted octanol–water partition coefficient (Wildman–Crippen LogP) is 3.24. The minimum absolute atomic E-state index is 0.422. The maximum absolute atomic E-state index is 13.1. The van der Waals surface area contributed by atoms with Crippen LogP contribution < -0.4 is 5.32 Å². The van der Waals surface area contributed by atoms with Gasteiger partial charge in [-0.2, -0.15) is 0 Å². The van der Waals surface area contributed by atoms with Gasteiger partial charge in [-0.25, -0.2) is 13.2 Å². The molecule has 1 nitrogen and oxygen atoms in total. The number of rotatable bonds is 3. The molecule has 102 valence electrons. The van der Waals surface area contributed by atoms with Crippen molar-refractivity contribution in [1.29, 1.82) is 0 Å². The van der Waals surface area contributed by atoms with E-state index in [0.29, 0.717) is 18.2 Å². The zero-order valence-corrected chi connectivity index (χ0v) is 10.5. The standard InChI is InChI=1S/C15H16F3N/c16-10-3-7(4-11(17)14(10)18)6-19-15-12-8-1-2-9(5-8)13(12)15/h3-4,8-9,12-13,15,19H,1-2,5-6H2. The van der Waals surface area contributed by atoms with E-state index < -0.39 is 17.5 Å². The normalized spacial score (nSPS) is 38.6. The molecule has 3 saturated carbocycles. The molecule has 19 heavy (non-hydrogen) atoms. The van der Waals surface area contributed by atoms with E-state index in [4.69, 9.17) is 0 Å². The van der Waals surface area contributed by atoms with Crippen LogP contribution in [-0.2, 0) is 6.54 Å². The van der Waals surface area contributed by atoms with Crippen molar-refractivity contribution in [2.75, 3.05) is 0 Å². The number of nitrogens with one attached hydrogen (secondary N) is 1. The molecular formula is C15H16F3N. The summed E-state index contributed by atoms with van der Waals surface area (Å²) in [6, 6.07) is 2.68. The van der Waals surface area contributed by atoms with Gasteiger partial charge in [-0.1, -0.05) is 0 Å². The van der Waals surface area contributed by atoms with Crippen molar-refractivity contribution >= 4 is 0 Å². The molecule has 4 atom stereocenters. The summed E-state index contributed by atoms with van der Waals surface area (Å²) in [5.74, 6) is -0.281. The first-order chi connectivity index (χ1) is 9.15. The van der Waals surface area contributed by atoms with E-state index in [-0.39, 0.29) is 0 Å². The molecule has 3 fully saturated rings. The van der Waals surface area contributed by atoms with Gasteiger partial charge in [0.25, 0.3) is 0 Å². The van der Waals surface area contributed by atoms with E-state index in [9.17, 15) is 13.2 Å². The van der Waals surface area contributed by atoms with E-state index in [1.165, 1.54) is 19.3 Å². The lowest BCUT2D eigenvalue weighted by Crippen LogP contribution is -2.22. The first-order valence-electron chi connectivity index (χ1n) is 7.02. The Hall–Kier alpha value is -1.03. The smallest absolute Gasteiger partial charge is 0.194 e. The van der Waals surface area contributed by atoms with Crippen LogP contribution in [0.25, 0.3) is 0 Å². The van der Waals surface area contributed by atoms with Gasteiger partial charge < -0.3 is 5.32 Å². The van der Waals surface area contributed by atoms with Crippen molar-refractivity contribution in [3.05, 3.63) is 35.1 Å². The van der Waals surface area contributed by atoms with Crippen LogP contribution in [0.5, 0.6) is 0 Å². The molecule has 4 heteroatoms. The maximum Gasteiger partial charge on any atom is 0.194 e. The molecule has 1 aromatic rings. The molecule has 4 rings (SSSR count). The van der Waals surface area contributed by atoms with Gasteiger partial charge in [-0.15, -0.1) is 0 Å². The molecule has 1 aromatic carbocycles. The van der Waals surface area contributed by atoms with Crippen LogP contribution in [0, 0.1) is 41.1 Å². The monoisotopic (exact) mass is 267 g/mol. The van der Waals surface area contributed by atoms with Gasteiger partial charge in [-0.3, -0.25) is 0 Å². The van der Waals surface area contributed by atoms with Gasteiger partial charge in [0, 0.05) is 12.6 Å². The minimum Gasteiger partial charge on any atom is -0.309 e. The molecule has 4 unspecified atom stereocenters. The highest BCUT2D eigenvalue weighted by atomic mass is 19.2. The number of fused-ring (bicyclic) bond motifs is 5. The summed E-state index contributed by atoms with van der Waals surface area (Å²) in [5.41, 5.74) is 0.480. The lowest BCUT2D eigenvalue weighted by atomic mass is 10.0. The molecule has 0 spiro atoms. The Kier molecular flexibility index (Phi) is 2.47. The molecule has 1 N–H and O–H groups in total. The minimum atomic E-state index is -1.38. The van der Waals surface area contributed by atoms with Gasteiger partial charge in [0.2, 0.25) is 0 Å². The van der Waals surface area contributed by atoms with E-state index in [1.54, 1.807) is 0 Å². The summed E-state index contributed by atoms with van der Waals surface area (Å²) in [6.45, 7) is 0.422. The Morgan fingerprint density at radius 2 is 1.58 bits per heavy atom. The summed E-state index contributed by atoms with van der Waals surface area (Å²) >= 11 is 0. The van der Waals surface area contributed by atoms with Crippen molar-refractivity contribution in [1.82, 2.24) is 5.32 Å². The third kappa shape index (κ3) is 1.72. The Labute approximate surface area is 110 Å². The Morgan fingerprint density at radius 3 is 2.16 bits per heavy atom. The summed E-state index contributed by atoms with van der Waals surface area (Å²) in [7, 11) is 0. The number of benzene rings is 1. The molecule has 0 heterocycles. The molecule has 2 bridgehead atoms. The third-order valence-electron chi connectivity index (χ3n) is 5.32. The second-order valence-corrected chi connectivity index (χ2v) is 6.27. The molecule has 0 aromatic heterocycles. The largest absolute Gasteiger partial charge is 0.309 e. The first-order valence-corrected chi connectivity index (χ1v) is 7.02. The van der Waals surface area contributed by atoms with Gasteiger partial charge in [0.05, 0.1) is 0 Å². The fraction of sp³-hybridized carbons (Fsp3) is 0.600. The van der Waals surface area contributed by atoms with Crippen molar-refractivity contribution in [3.63, 3.8) is 0 Å².